The van der Waals surface area contributed by atoms with Crippen LogP contribution in [-0.4, -0.2) is 22.0 Å². The number of para-hydroxylation sites is 1. The molecule has 8 heteroatoms. The van der Waals surface area contributed by atoms with Crippen molar-refractivity contribution in [1.82, 2.24) is 9.47 Å². The molecule has 0 spiro atoms. The molecule has 0 saturated heterocycles. The number of aromatic nitrogens is 1. The van der Waals surface area contributed by atoms with Gasteiger partial charge in [-0.1, -0.05) is 42.8 Å². The summed E-state index contributed by atoms with van der Waals surface area (Å²) in [5.41, 5.74) is 0.753. The summed E-state index contributed by atoms with van der Waals surface area (Å²) >= 11 is 6.06. The van der Waals surface area contributed by atoms with Crippen LogP contribution in [0.25, 0.3) is 0 Å². The van der Waals surface area contributed by atoms with Crippen molar-refractivity contribution >= 4 is 23.3 Å². The Morgan fingerprint density at radius 1 is 1.10 bits per heavy atom. The van der Waals surface area contributed by atoms with Gasteiger partial charge in [0, 0.05) is 30.0 Å². The Balaban J connectivity index is 1.77. The number of carbonyl (C=O) groups excluding carboxylic acids is 1. The summed E-state index contributed by atoms with van der Waals surface area (Å²) in [7, 11) is 0. The Morgan fingerprint density at radius 3 is 2.58 bits per heavy atom. The predicted molar refractivity (Wildman–Crippen MR) is 116 cm³/mol. The second kappa shape index (κ2) is 9.92. The van der Waals surface area contributed by atoms with Gasteiger partial charge >= 0.3 is 12.2 Å². The van der Waals surface area contributed by atoms with E-state index in [-0.39, 0.29) is 12.2 Å². The van der Waals surface area contributed by atoms with Crippen LogP contribution in [-0.2, 0) is 19.3 Å². The first-order valence-electron chi connectivity index (χ1n) is 9.88. The van der Waals surface area contributed by atoms with Crippen LogP contribution < -0.4 is 5.32 Å². The normalized spacial score (nSPS) is 11.4. The van der Waals surface area contributed by atoms with Gasteiger partial charge in [-0.05, 0) is 48.4 Å². The van der Waals surface area contributed by atoms with E-state index in [4.69, 9.17) is 11.6 Å². The fourth-order valence-electron chi connectivity index (χ4n) is 3.33. The van der Waals surface area contributed by atoms with Crippen LogP contribution in [0.4, 0.5) is 23.7 Å². The van der Waals surface area contributed by atoms with Crippen molar-refractivity contribution in [2.75, 3.05) is 11.9 Å². The molecule has 31 heavy (non-hydrogen) atoms. The van der Waals surface area contributed by atoms with Crippen molar-refractivity contribution in [1.29, 1.82) is 0 Å². The molecule has 2 aromatic carbocycles. The van der Waals surface area contributed by atoms with E-state index in [0.717, 1.165) is 17.3 Å². The second-order valence-corrected chi connectivity index (χ2v) is 7.59. The highest BCUT2D eigenvalue weighted by Crippen LogP contribution is 2.34. The Morgan fingerprint density at radius 2 is 1.87 bits per heavy atom. The van der Waals surface area contributed by atoms with Gasteiger partial charge < -0.3 is 14.8 Å². The van der Waals surface area contributed by atoms with Crippen molar-refractivity contribution < 1.29 is 18.0 Å². The minimum Gasteiger partial charge on any atom is -0.345 e. The number of rotatable bonds is 7. The van der Waals surface area contributed by atoms with Crippen molar-refractivity contribution in [2.45, 2.75) is 32.6 Å². The number of hydrogen-bond acceptors (Lipinski definition) is 1. The highest BCUT2D eigenvalue weighted by molar-refractivity contribution is 6.30. The Bertz CT molecular complexity index is 1030. The molecule has 1 aromatic heterocycles. The number of carbonyl (C=O) groups is 1. The Labute approximate surface area is 184 Å². The largest absolute Gasteiger partial charge is 0.418 e. The van der Waals surface area contributed by atoms with Crippen molar-refractivity contribution in [3.63, 3.8) is 0 Å². The van der Waals surface area contributed by atoms with Crippen LogP contribution in [0.1, 0.15) is 30.2 Å². The molecule has 3 rings (SSSR count). The van der Waals surface area contributed by atoms with E-state index < -0.39 is 17.8 Å². The van der Waals surface area contributed by atoms with Crippen LogP contribution in [0.3, 0.4) is 0 Å². The molecule has 164 valence electrons. The van der Waals surface area contributed by atoms with E-state index in [2.05, 4.69) is 5.32 Å². The monoisotopic (exact) mass is 449 g/mol. The van der Waals surface area contributed by atoms with Gasteiger partial charge in [0.1, 0.15) is 0 Å². The summed E-state index contributed by atoms with van der Waals surface area (Å²) < 4.78 is 41.8. The third-order valence-electron chi connectivity index (χ3n) is 4.77. The molecule has 0 unspecified atom stereocenters. The molecule has 1 heterocycles. The molecule has 0 saturated carbocycles. The lowest BCUT2D eigenvalue weighted by molar-refractivity contribution is -0.136. The maximum atomic E-state index is 13.3. The second-order valence-electron chi connectivity index (χ2n) is 7.15. The highest BCUT2D eigenvalue weighted by atomic mass is 35.5. The highest BCUT2D eigenvalue weighted by Gasteiger charge is 2.34. The first kappa shape index (κ1) is 22.7. The number of nitrogens with one attached hydrogen (secondary N) is 1. The SMILES string of the molecule is CCCN(Cc1cccn1Cc1cccc(Cl)c1)C(=O)Nc1ccccc1C(F)(F)F. The number of alkyl halides is 3. The topological polar surface area (TPSA) is 37.3 Å². The summed E-state index contributed by atoms with van der Waals surface area (Å²) in [6.07, 6.45) is -1.98. The summed E-state index contributed by atoms with van der Waals surface area (Å²) in [4.78, 5) is 14.4. The van der Waals surface area contributed by atoms with Crippen molar-refractivity contribution in [2.24, 2.45) is 0 Å². The maximum absolute atomic E-state index is 13.3. The molecular formula is C23H23ClF3N3O. The van der Waals surface area contributed by atoms with Crippen LogP contribution in [0, 0.1) is 0 Å². The molecule has 0 aliphatic carbocycles. The molecule has 3 aromatic rings. The van der Waals surface area contributed by atoms with Gasteiger partial charge in [0.2, 0.25) is 0 Å². The van der Waals surface area contributed by atoms with Gasteiger partial charge in [-0.2, -0.15) is 13.2 Å². The number of urea groups is 1. The molecule has 0 bridgehead atoms. The number of nitrogens with zero attached hydrogens (tertiary/aromatic N) is 2. The number of halogens is 4. The Hall–Kier alpha value is -2.93. The molecule has 0 fully saturated rings. The van der Waals surface area contributed by atoms with E-state index in [1.165, 1.54) is 23.1 Å². The van der Waals surface area contributed by atoms with Crippen LogP contribution in [0.2, 0.25) is 5.02 Å². The third kappa shape index (κ3) is 6.04. The van der Waals surface area contributed by atoms with Crippen LogP contribution in [0.15, 0.2) is 66.9 Å². The van der Waals surface area contributed by atoms with Crippen molar-refractivity contribution in [3.05, 3.63) is 88.7 Å². The average molecular weight is 450 g/mol. The molecular weight excluding hydrogens is 427 g/mol. The number of hydrogen-bond donors (Lipinski definition) is 1. The fourth-order valence-corrected chi connectivity index (χ4v) is 3.54. The minimum atomic E-state index is -4.55. The molecule has 0 atom stereocenters. The molecule has 4 nitrogen and oxygen atoms in total. The van der Waals surface area contributed by atoms with Gasteiger partial charge in [-0.15, -0.1) is 0 Å². The predicted octanol–water partition coefficient (Wildman–Crippen LogP) is 6.65. The van der Waals surface area contributed by atoms with E-state index >= 15 is 0 Å². The zero-order valence-electron chi connectivity index (χ0n) is 17.0. The van der Waals surface area contributed by atoms with Gasteiger partial charge in [0.05, 0.1) is 17.8 Å². The number of anilines is 1. The smallest absolute Gasteiger partial charge is 0.345 e. The quantitative estimate of drug-likeness (QED) is 0.430. The van der Waals surface area contributed by atoms with E-state index in [9.17, 15) is 18.0 Å². The lowest BCUT2D eigenvalue weighted by Gasteiger charge is -2.24. The maximum Gasteiger partial charge on any atom is 0.418 e. The first-order valence-corrected chi connectivity index (χ1v) is 10.3. The van der Waals surface area contributed by atoms with Crippen molar-refractivity contribution in [3.8, 4) is 0 Å². The lowest BCUT2D eigenvalue weighted by Crippen LogP contribution is -2.36. The molecule has 1 N–H and O–H groups in total. The average Bonchev–Trinajstić information content (AvgIpc) is 3.14. The van der Waals surface area contributed by atoms with Gasteiger partial charge in [-0.3, -0.25) is 0 Å². The number of benzene rings is 2. The summed E-state index contributed by atoms with van der Waals surface area (Å²) in [5.74, 6) is 0. The van der Waals surface area contributed by atoms with Gasteiger partial charge in [0.25, 0.3) is 0 Å². The third-order valence-corrected chi connectivity index (χ3v) is 5.01. The first-order chi connectivity index (χ1) is 14.8. The summed E-state index contributed by atoms with van der Waals surface area (Å²) in [5, 5.41) is 3.07. The fraction of sp³-hybridized carbons (Fsp3) is 0.261. The molecule has 0 aliphatic rings. The Kier molecular flexibility index (Phi) is 7.28. The van der Waals surface area contributed by atoms with Gasteiger partial charge in [0.15, 0.2) is 0 Å². The zero-order valence-corrected chi connectivity index (χ0v) is 17.7. The molecule has 2 amide bonds. The summed E-state index contributed by atoms with van der Waals surface area (Å²) in [6.45, 7) is 3.15. The van der Waals surface area contributed by atoms with Gasteiger partial charge in [-0.25, -0.2) is 4.79 Å². The zero-order chi connectivity index (χ0) is 22.4. The van der Waals surface area contributed by atoms with E-state index in [0.29, 0.717) is 24.5 Å². The summed E-state index contributed by atoms with van der Waals surface area (Å²) in [6, 6.07) is 15.7. The molecule has 0 radical (unpaired) electrons. The lowest BCUT2D eigenvalue weighted by atomic mass is 10.1. The van der Waals surface area contributed by atoms with Crippen LogP contribution >= 0.6 is 11.6 Å². The molecule has 0 aliphatic heterocycles. The van der Waals surface area contributed by atoms with E-state index in [1.807, 2.05) is 48.0 Å². The standard InChI is InChI=1S/C23H23ClF3N3O/c1-2-12-30(22(31)28-21-11-4-3-10-20(21)23(25,26)27)16-19-9-6-13-29(19)15-17-7-5-8-18(24)14-17/h3-11,13-14H,2,12,15-16H2,1H3,(H,28,31). The minimum absolute atomic E-state index is 0.254. The van der Waals surface area contributed by atoms with E-state index in [1.54, 1.807) is 6.07 Å². The number of amides is 2. The van der Waals surface area contributed by atoms with Crippen LogP contribution in [0.5, 0.6) is 0 Å².